The lowest BCUT2D eigenvalue weighted by Gasteiger charge is -2.06. The number of benzene rings is 1. The van der Waals surface area contributed by atoms with Crippen molar-refractivity contribution in [3.8, 4) is 0 Å². The van der Waals surface area contributed by atoms with Crippen LogP contribution in [0.2, 0.25) is 0 Å². The summed E-state index contributed by atoms with van der Waals surface area (Å²) in [7, 11) is -3.89. The summed E-state index contributed by atoms with van der Waals surface area (Å²) < 4.78 is 23.5. The first kappa shape index (κ1) is 13.2. The van der Waals surface area contributed by atoms with Crippen molar-refractivity contribution in [1.29, 1.82) is 0 Å². The fourth-order valence-corrected chi connectivity index (χ4v) is 2.69. The Bertz CT molecular complexity index is 546. The van der Waals surface area contributed by atoms with E-state index in [0.717, 1.165) is 12.1 Å². The van der Waals surface area contributed by atoms with E-state index in [1.165, 1.54) is 12.1 Å². The molecule has 0 aromatic heterocycles. The maximum Gasteiger partial charge on any atom is 0.337 e. The smallest absolute Gasteiger partial charge is 0.337 e. The standard InChI is InChI=1S/C10H10O6S/c11-9(12)5-6-17(15,16)8-4-2-1-3-7(8)10(13)14/h1-4H,5-6H2,(H,11,12)(H,13,14). The number of aromatic carboxylic acids is 1. The quantitative estimate of drug-likeness (QED) is 0.801. The Labute approximate surface area is 97.4 Å². The van der Waals surface area contributed by atoms with E-state index >= 15 is 0 Å². The Morgan fingerprint density at radius 3 is 2.24 bits per heavy atom. The number of carbonyl (C=O) groups is 2. The number of carboxylic acid groups (broad SMARTS) is 2. The number of aliphatic carboxylic acids is 1. The van der Waals surface area contributed by atoms with Gasteiger partial charge in [-0.3, -0.25) is 4.79 Å². The van der Waals surface area contributed by atoms with Gasteiger partial charge in [-0.25, -0.2) is 13.2 Å². The molecule has 0 radical (unpaired) electrons. The Balaban J connectivity index is 3.15. The van der Waals surface area contributed by atoms with E-state index in [2.05, 4.69) is 0 Å². The number of rotatable bonds is 5. The van der Waals surface area contributed by atoms with Gasteiger partial charge in [-0.15, -0.1) is 0 Å². The maximum atomic E-state index is 11.7. The zero-order valence-electron chi connectivity index (χ0n) is 8.66. The lowest BCUT2D eigenvalue weighted by atomic mass is 10.2. The van der Waals surface area contributed by atoms with Crippen LogP contribution in [-0.2, 0) is 14.6 Å². The van der Waals surface area contributed by atoms with Gasteiger partial charge in [0.25, 0.3) is 0 Å². The Morgan fingerprint density at radius 1 is 1.12 bits per heavy atom. The first-order chi connectivity index (χ1) is 7.84. The second-order valence-electron chi connectivity index (χ2n) is 3.26. The van der Waals surface area contributed by atoms with Gasteiger partial charge in [-0.2, -0.15) is 0 Å². The molecule has 1 aromatic rings. The first-order valence-corrected chi connectivity index (χ1v) is 6.26. The van der Waals surface area contributed by atoms with E-state index in [9.17, 15) is 18.0 Å². The molecule has 0 aliphatic heterocycles. The zero-order chi connectivity index (χ0) is 13.1. The summed E-state index contributed by atoms with van der Waals surface area (Å²) in [5, 5.41) is 17.2. The molecule has 6 nitrogen and oxygen atoms in total. The number of hydrogen-bond donors (Lipinski definition) is 2. The summed E-state index contributed by atoms with van der Waals surface area (Å²) in [5.74, 6) is -3.23. The van der Waals surface area contributed by atoms with Crippen molar-refractivity contribution >= 4 is 21.8 Å². The van der Waals surface area contributed by atoms with Crippen LogP contribution in [-0.4, -0.2) is 36.3 Å². The molecule has 7 heteroatoms. The highest BCUT2D eigenvalue weighted by molar-refractivity contribution is 7.91. The van der Waals surface area contributed by atoms with Crippen molar-refractivity contribution in [3.05, 3.63) is 29.8 Å². The first-order valence-electron chi connectivity index (χ1n) is 4.61. The van der Waals surface area contributed by atoms with Gasteiger partial charge in [0.05, 0.1) is 22.6 Å². The molecule has 0 unspecified atom stereocenters. The SMILES string of the molecule is O=C(O)CCS(=O)(=O)c1ccccc1C(=O)O. The fourth-order valence-electron chi connectivity index (χ4n) is 1.25. The van der Waals surface area contributed by atoms with Gasteiger partial charge in [-0.1, -0.05) is 12.1 Å². The predicted octanol–water partition coefficient (Wildman–Crippen LogP) is 0.633. The number of sulfone groups is 1. The maximum absolute atomic E-state index is 11.7. The van der Waals surface area contributed by atoms with Gasteiger partial charge in [0.2, 0.25) is 0 Å². The van der Waals surface area contributed by atoms with E-state index in [1.807, 2.05) is 0 Å². The molecular weight excluding hydrogens is 248 g/mol. The molecule has 0 aliphatic carbocycles. The van der Waals surface area contributed by atoms with E-state index in [4.69, 9.17) is 10.2 Å². The van der Waals surface area contributed by atoms with Crippen molar-refractivity contribution in [3.63, 3.8) is 0 Å². The molecule has 2 N–H and O–H groups in total. The van der Waals surface area contributed by atoms with Gasteiger partial charge in [0.1, 0.15) is 0 Å². The molecule has 0 saturated heterocycles. The summed E-state index contributed by atoms with van der Waals surface area (Å²) in [6.07, 6.45) is -0.559. The minimum Gasteiger partial charge on any atom is -0.481 e. The lowest BCUT2D eigenvalue weighted by molar-refractivity contribution is -0.136. The molecule has 0 fully saturated rings. The van der Waals surface area contributed by atoms with E-state index in [-0.39, 0.29) is 10.5 Å². The minimum atomic E-state index is -3.89. The Hall–Kier alpha value is -1.89. The van der Waals surface area contributed by atoms with Gasteiger partial charge < -0.3 is 10.2 Å². The average molecular weight is 258 g/mol. The van der Waals surface area contributed by atoms with E-state index in [1.54, 1.807) is 0 Å². The van der Waals surface area contributed by atoms with Crippen molar-refractivity contribution in [2.45, 2.75) is 11.3 Å². The number of carboxylic acids is 2. The van der Waals surface area contributed by atoms with Crippen molar-refractivity contribution in [1.82, 2.24) is 0 Å². The van der Waals surface area contributed by atoms with E-state index < -0.39 is 33.9 Å². The summed E-state index contributed by atoms with van der Waals surface area (Å²) in [4.78, 5) is 20.8. The molecule has 0 spiro atoms. The molecule has 0 aliphatic rings. The van der Waals surface area contributed by atoms with Crippen LogP contribution in [0, 0.1) is 0 Å². The highest BCUT2D eigenvalue weighted by Crippen LogP contribution is 2.17. The molecule has 0 heterocycles. The topological polar surface area (TPSA) is 109 Å². The molecule has 0 amide bonds. The van der Waals surface area contributed by atoms with E-state index in [0.29, 0.717) is 0 Å². The third-order valence-electron chi connectivity index (χ3n) is 2.04. The van der Waals surface area contributed by atoms with Crippen LogP contribution in [0.3, 0.4) is 0 Å². The van der Waals surface area contributed by atoms with Crippen molar-refractivity contribution < 1.29 is 28.2 Å². The molecular formula is C10H10O6S. The molecule has 92 valence electrons. The second kappa shape index (κ2) is 4.96. The van der Waals surface area contributed by atoms with Gasteiger partial charge in [0, 0.05) is 0 Å². The van der Waals surface area contributed by atoms with Gasteiger partial charge in [-0.05, 0) is 12.1 Å². The highest BCUT2D eigenvalue weighted by atomic mass is 32.2. The van der Waals surface area contributed by atoms with Gasteiger partial charge >= 0.3 is 11.9 Å². The van der Waals surface area contributed by atoms with Crippen LogP contribution >= 0.6 is 0 Å². The highest BCUT2D eigenvalue weighted by Gasteiger charge is 2.22. The predicted molar refractivity (Wildman–Crippen MR) is 57.7 cm³/mol. The molecule has 0 atom stereocenters. The lowest BCUT2D eigenvalue weighted by Crippen LogP contribution is -2.14. The summed E-state index contributed by atoms with van der Waals surface area (Å²) >= 11 is 0. The average Bonchev–Trinajstić information content (AvgIpc) is 2.26. The molecule has 0 saturated carbocycles. The van der Waals surface area contributed by atoms with Crippen molar-refractivity contribution in [2.75, 3.05) is 5.75 Å². The largest absolute Gasteiger partial charge is 0.481 e. The number of hydrogen-bond acceptors (Lipinski definition) is 4. The van der Waals surface area contributed by atoms with Gasteiger partial charge in [0.15, 0.2) is 9.84 Å². The molecule has 1 aromatic carbocycles. The Morgan fingerprint density at radius 2 is 1.71 bits per heavy atom. The third-order valence-corrected chi connectivity index (χ3v) is 3.80. The zero-order valence-corrected chi connectivity index (χ0v) is 9.48. The summed E-state index contributed by atoms with van der Waals surface area (Å²) in [6.45, 7) is 0. The van der Waals surface area contributed by atoms with Crippen LogP contribution in [0.15, 0.2) is 29.2 Å². The molecule has 17 heavy (non-hydrogen) atoms. The van der Waals surface area contributed by atoms with Crippen LogP contribution < -0.4 is 0 Å². The molecule has 0 bridgehead atoms. The minimum absolute atomic E-state index is 0.349. The van der Waals surface area contributed by atoms with Crippen LogP contribution in [0.4, 0.5) is 0 Å². The van der Waals surface area contributed by atoms with Crippen LogP contribution in [0.5, 0.6) is 0 Å². The second-order valence-corrected chi connectivity index (χ2v) is 5.34. The third kappa shape index (κ3) is 3.28. The fraction of sp³-hybridized carbons (Fsp3) is 0.200. The Kier molecular flexibility index (Phi) is 3.84. The normalized spacial score (nSPS) is 11.1. The summed E-state index contributed by atoms with van der Waals surface area (Å²) in [5.41, 5.74) is -0.349. The summed E-state index contributed by atoms with van der Waals surface area (Å²) in [6, 6.07) is 5.11. The van der Waals surface area contributed by atoms with Crippen molar-refractivity contribution in [2.24, 2.45) is 0 Å². The monoisotopic (exact) mass is 258 g/mol. The van der Waals surface area contributed by atoms with Crippen LogP contribution in [0.1, 0.15) is 16.8 Å². The molecule has 1 rings (SSSR count). The van der Waals surface area contributed by atoms with Crippen LogP contribution in [0.25, 0.3) is 0 Å².